The second kappa shape index (κ2) is 6.46. The molecule has 3 rings (SSSR count). The molecule has 8 heteroatoms. The largest absolute Gasteiger partial charge is 0.415 e. The number of halogens is 3. The van der Waals surface area contributed by atoms with E-state index in [9.17, 15) is 13.2 Å². The summed E-state index contributed by atoms with van der Waals surface area (Å²) < 4.78 is 37.1. The smallest absolute Gasteiger partial charge is 0.382 e. The maximum Gasteiger partial charge on any atom is 0.415 e. The lowest BCUT2D eigenvalue weighted by atomic mass is 10.2. The molecule has 2 aromatic rings. The van der Waals surface area contributed by atoms with Gasteiger partial charge in [-0.25, -0.2) is 4.98 Å². The summed E-state index contributed by atoms with van der Waals surface area (Å²) in [4.78, 5) is 11.6. The topological polar surface area (TPSA) is 55.4 Å². The van der Waals surface area contributed by atoms with E-state index >= 15 is 0 Å². The third-order valence-corrected chi connectivity index (χ3v) is 4.09. The van der Waals surface area contributed by atoms with Crippen molar-refractivity contribution in [2.45, 2.75) is 18.8 Å². The van der Waals surface area contributed by atoms with Gasteiger partial charge < -0.3 is 10.1 Å². The molecule has 0 spiro atoms. The molecule has 2 heterocycles. The Bertz CT molecular complexity index is 616. The van der Waals surface area contributed by atoms with Crippen LogP contribution in [0.25, 0.3) is 11.0 Å². The molecule has 0 radical (unpaired) electrons. The number of benzene rings is 1. The highest BCUT2D eigenvalue weighted by molar-refractivity contribution is 5.74. The van der Waals surface area contributed by atoms with E-state index in [1.165, 1.54) is 0 Å². The summed E-state index contributed by atoms with van der Waals surface area (Å²) >= 11 is 0. The number of aliphatic hydroxyl groups excluding tert-OH is 1. The molecule has 0 bridgehead atoms. The van der Waals surface area contributed by atoms with Crippen molar-refractivity contribution in [2.24, 2.45) is 0 Å². The zero-order valence-corrected chi connectivity index (χ0v) is 12.6. The van der Waals surface area contributed by atoms with E-state index in [0.717, 1.165) is 16.9 Å². The van der Waals surface area contributed by atoms with Gasteiger partial charge in [-0.1, -0.05) is 12.1 Å². The van der Waals surface area contributed by atoms with Crippen LogP contribution in [-0.4, -0.2) is 69.9 Å². The molecule has 0 saturated carbocycles. The van der Waals surface area contributed by atoms with Crippen LogP contribution < -0.4 is 0 Å². The maximum atomic E-state index is 12.4. The summed E-state index contributed by atoms with van der Waals surface area (Å²) in [5.74, 6) is 0.856. The minimum absolute atomic E-state index is 0.359. The lowest BCUT2D eigenvalue weighted by Crippen LogP contribution is -2.50. The van der Waals surface area contributed by atoms with Crippen LogP contribution in [0.15, 0.2) is 24.3 Å². The van der Waals surface area contributed by atoms with Crippen molar-refractivity contribution in [1.29, 1.82) is 0 Å². The van der Waals surface area contributed by atoms with Crippen LogP contribution in [0.1, 0.15) is 5.82 Å². The van der Waals surface area contributed by atoms with Gasteiger partial charge in [0.15, 0.2) is 6.10 Å². The van der Waals surface area contributed by atoms with Crippen LogP contribution in [0.4, 0.5) is 13.2 Å². The van der Waals surface area contributed by atoms with E-state index in [2.05, 4.69) is 14.9 Å². The quantitative estimate of drug-likeness (QED) is 0.895. The fraction of sp³-hybridized carbons (Fsp3) is 0.533. The monoisotopic (exact) mass is 328 g/mol. The van der Waals surface area contributed by atoms with Gasteiger partial charge in [0.25, 0.3) is 0 Å². The van der Waals surface area contributed by atoms with Crippen LogP contribution in [0.3, 0.4) is 0 Å². The summed E-state index contributed by atoms with van der Waals surface area (Å²) in [6.45, 7) is 2.61. The molecule has 1 aliphatic rings. The number of H-pyrrole nitrogens is 1. The first-order valence-corrected chi connectivity index (χ1v) is 7.55. The van der Waals surface area contributed by atoms with Gasteiger partial charge in [0.05, 0.1) is 17.6 Å². The van der Waals surface area contributed by atoms with Crippen LogP contribution in [0, 0.1) is 0 Å². The van der Waals surface area contributed by atoms with Crippen LogP contribution >= 0.6 is 0 Å². The predicted molar refractivity (Wildman–Crippen MR) is 79.9 cm³/mol. The van der Waals surface area contributed by atoms with E-state index < -0.39 is 12.3 Å². The number of rotatable bonds is 4. The molecule has 5 nitrogen and oxygen atoms in total. The van der Waals surface area contributed by atoms with Crippen LogP contribution in [-0.2, 0) is 6.54 Å². The molecule has 1 unspecified atom stereocenters. The van der Waals surface area contributed by atoms with E-state index in [1.54, 1.807) is 4.90 Å². The van der Waals surface area contributed by atoms with Crippen molar-refractivity contribution in [3.8, 4) is 0 Å². The highest BCUT2D eigenvalue weighted by Crippen LogP contribution is 2.21. The van der Waals surface area contributed by atoms with E-state index in [0.29, 0.717) is 32.7 Å². The van der Waals surface area contributed by atoms with Crippen molar-refractivity contribution in [1.82, 2.24) is 19.8 Å². The average Bonchev–Trinajstić information content (AvgIpc) is 2.90. The number of hydrogen-bond acceptors (Lipinski definition) is 4. The number of aliphatic hydroxyl groups is 1. The van der Waals surface area contributed by atoms with Crippen molar-refractivity contribution in [2.75, 3.05) is 32.7 Å². The number of aromatic amines is 1. The van der Waals surface area contributed by atoms with Gasteiger partial charge in [-0.15, -0.1) is 0 Å². The Morgan fingerprint density at radius 2 is 1.78 bits per heavy atom. The minimum Gasteiger partial charge on any atom is -0.382 e. The first-order valence-electron chi connectivity index (χ1n) is 7.55. The second-order valence-electron chi connectivity index (χ2n) is 5.83. The molecule has 1 saturated heterocycles. The van der Waals surface area contributed by atoms with Gasteiger partial charge >= 0.3 is 6.18 Å². The molecule has 2 N–H and O–H groups in total. The van der Waals surface area contributed by atoms with Gasteiger partial charge in [0.1, 0.15) is 5.82 Å². The fourth-order valence-electron chi connectivity index (χ4n) is 2.77. The molecule has 126 valence electrons. The number of β-amino-alcohol motifs (C(OH)–C–C–N with tert-alkyl or cyclic N) is 1. The minimum atomic E-state index is -4.55. The van der Waals surface area contributed by atoms with Gasteiger partial charge in [-0.05, 0) is 12.1 Å². The first-order chi connectivity index (χ1) is 10.9. The Morgan fingerprint density at radius 1 is 1.13 bits per heavy atom. The van der Waals surface area contributed by atoms with Crippen LogP contribution in [0.5, 0.6) is 0 Å². The Labute approximate surface area is 131 Å². The van der Waals surface area contributed by atoms with E-state index in [4.69, 9.17) is 5.11 Å². The Kier molecular flexibility index (Phi) is 4.56. The number of aromatic nitrogens is 2. The number of imidazole rings is 1. The summed E-state index contributed by atoms with van der Waals surface area (Å²) in [6.07, 6.45) is -6.82. The lowest BCUT2D eigenvalue weighted by Gasteiger charge is -2.35. The molecule has 23 heavy (non-hydrogen) atoms. The van der Waals surface area contributed by atoms with E-state index in [1.807, 2.05) is 24.3 Å². The molecule has 1 aromatic carbocycles. The maximum absolute atomic E-state index is 12.4. The molecule has 1 aliphatic heterocycles. The number of hydrogen-bond donors (Lipinski definition) is 2. The summed E-state index contributed by atoms with van der Waals surface area (Å²) in [6, 6.07) is 7.76. The zero-order valence-electron chi connectivity index (χ0n) is 12.6. The lowest BCUT2D eigenvalue weighted by molar-refractivity contribution is -0.209. The highest BCUT2D eigenvalue weighted by atomic mass is 19.4. The van der Waals surface area contributed by atoms with Gasteiger partial charge in [-0.2, -0.15) is 13.2 Å². The molecule has 1 aromatic heterocycles. The number of piperazine rings is 1. The predicted octanol–water partition coefficient (Wildman–Crippen LogP) is 1.60. The zero-order chi connectivity index (χ0) is 16.4. The van der Waals surface area contributed by atoms with Crippen molar-refractivity contribution in [3.05, 3.63) is 30.1 Å². The Morgan fingerprint density at radius 3 is 2.43 bits per heavy atom. The standard InChI is InChI=1S/C15H19F3N4O/c16-15(17,18)13(23)9-21-5-7-22(8-6-21)10-14-19-11-3-1-2-4-12(11)20-14/h1-4,13,23H,5-10H2,(H,19,20). The molecule has 1 atom stereocenters. The molecule has 1 fully saturated rings. The summed E-state index contributed by atoms with van der Waals surface area (Å²) in [5, 5.41) is 9.12. The summed E-state index contributed by atoms with van der Waals surface area (Å²) in [7, 11) is 0. The SMILES string of the molecule is OC(CN1CCN(Cc2nc3ccccc3[nH]2)CC1)C(F)(F)F. The number of para-hydroxylation sites is 2. The first kappa shape index (κ1) is 16.2. The Balaban J connectivity index is 1.51. The van der Waals surface area contributed by atoms with Gasteiger partial charge in [0.2, 0.25) is 0 Å². The fourth-order valence-corrected chi connectivity index (χ4v) is 2.77. The number of nitrogens with one attached hydrogen (secondary N) is 1. The molecular weight excluding hydrogens is 309 g/mol. The third kappa shape index (κ3) is 4.01. The second-order valence-corrected chi connectivity index (χ2v) is 5.83. The molecular formula is C15H19F3N4O. The van der Waals surface area contributed by atoms with E-state index in [-0.39, 0.29) is 6.54 Å². The summed E-state index contributed by atoms with van der Waals surface area (Å²) in [5.41, 5.74) is 1.89. The average molecular weight is 328 g/mol. The van der Waals surface area contributed by atoms with Crippen molar-refractivity contribution >= 4 is 11.0 Å². The van der Waals surface area contributed by atoms with Gasteiger partial charge in [0, 0.05) is 32.7 Å². The normalized spacial score (nSPS) is 19.3. The highest BCUT2D eigenvalue weighted by Gasteiger charge is 2.39. The number of nitrogens with zero attached hydrogens (tertiary/aromatic N) is 3. The molecule has 0 amide bonds. The van der Waals surface area contributed by atoms with Gasteiger partial charge in [-0.3, -0.25) is 9.80 Å². The third-order valence-electron chi connectivity index (χ3n) is 4.09. The van der Waals surface area contributed by atoms with Crippen LogP contribution in [0.2, 0.25) is 0 Å². The Hall–Kier alpha value is -1.64. The number of alkyl halides is 3. The number of fused-ring (bicyclic) bond motifs is 1. The van der Waals surface area contributed by atoms with Crippen molar-refractivity contribution in [3.63, 3.8) is 0 Å². The van der Waals surface area contributed by atoms with Crippen molar-refractivity contribution < 1.29 is 18.3 Å². The molecule has 0 aliphatic carbocycles.